The van der Waals surface area contributed by atoms with Gasteiger partial charge in [-0.1, -0.05) is 6.07 Å². The zero-order chi connectivity index (χ0) is 8.53. The van der Waals surface area contributed by atoms with E-state index in [1.807, 2.05) is 18.4 Å². The van der Waals surface area contributed by atoms with E-state index in [9.17, 15) is 0 Å². The molecule has 0 bridgehead atoms. The molecule has 62 valence electrons. The minimum absolute atomic E-state index is 1.08. The first-order valence-corrected chi connectivity index (χ1v) is 4.48. The van der Waals surface area contributed by atoms with E-state index in [0.29, 0.717) is 0 Å². The van der Waals surface area contributed by atoms with Crippen molar-refractivity contribution in [3.8, 4) is 0 Å². The van der Waals surface area contributed by atoms with Crippen LogP contribution >= 0.6 is 11.3 Å². The molecular formula is C9H15NS. The van der Waals surface area contributed by atoms with Crippen molar-refractivity contribution in [1.29, 1.82) is 0 Å². The zero-order valence-corrected chi connectivity index (χ0v) is 7.79. The summed E-state index contributed by atoms with van der Waals surface area (Å²) in [5.41, 5.74) is 0. The van der Waals surface area contributed by atoms with Gasteiger partial charge in [0, 0.05) is 4.88 Å². The van der Waals surface area contributed by atoms with Crippen LogP contribution in [0.25, 0.3) is 0 Å². The Kier molecular flexibility index (Phi) is 7.10. The van der Waals surface area contributed by atoms with Gasteiger partial charge in [0.05, 0.1) is 0 Å². The molecule has 2 heteroatoms. The highest BCUT2D eigenvalue weighted by molar-refractivity contribution is 7.09. The third-order valence-electron chi connectivity index (χ3n) is 1.20. The number of rotatable bonds is 3. The van der Waals surface area contributed by atoms with Crippen molar-refractivity contribution < 1.29 is 0 Å². The molecular weight excluding hydrogens is 154 g/mol. The molecule has 1 heterocycles. The highest BCUT2D eigenvalue weighted by atomic mass is 32.1. The summed E-state index contributed by atoms with van der Waals surface area (Å²) in [6.45, 7) is 7.08. The van der Waals surface area contributed by atoms with Crippen LogP contribution in [0.2, 0.25) is 0 Å². The quantitative estimate of drug-likeness (QED) is 0.685. The van der Waals surface area contributed by atoms with Gasteiger partial charge in [0.15, 0.2) is 0 Å². The Labute approximate surface area is 72.8 Å². The van der Waals surface area contributed by atoms with Crippen molar-refractivity contribution in [3.05, 3.63) is 35.5 Å². The molecule has 0 atom stereocenters. The van der Waals surface area contributed by atoms with E-state index in [2.05, 4.69) is 36.0 Å². The molecule has 0 saturated heterocycles. The first-order valence-electron chi connectivity index (χ1n) is 3.60. The van der Waals surface area contributed by atoms with E-state index in [-0.39, 0.29) is 0 Å². The van der Waals surface area contributed by atoms with E-state index in [1.165, 1.54) is 4.88 Å². The summed E-state index contributed by atoms with van der Waals surface area (Å²) < 4.78 is 0. The van der Waals surface area contributed by atoms with Gasteiger partial charge in [-0.05, 0) is 31.5 Å². The number of thiophene rings is 1. The third kappa shape index (κ3) is 4.76. The Hall–Kier alpha value is -0.600. The van der Waals surface area contributed by atoms with E-state index < -0.39 is 0 Å². The Bertz CT molecular complexity index is 158. The Morgan fingerprint density at radius 3 is 2.73 bits per heavy atom. The Morgan fingerprint density at radius 1 is 1.55 bits per heavy atom. The molecule has 0 aromatic carbocycles. The largest absolute Gasteiger partial charge is 0.319 e. The van der Waals surface area contributed by atoms with Gasteiger partial charge in [0.1, 0.15) is 0 Å². The fourth-order valence-electron chi connectivity index (χ4n) is 0.703. The standard InChI is InChI=1S/C7H11NS.C2H4/c1-8-5-4-7-3-2-6-9-7;1-2/h2-3,6,8H,4-5H2,1H3;1-2H2. The molecule has 1 aromatic rings. The average molecular weight is 169 g/mol. The van der Waals surface area contributed by atoms with Crippen molar-refractivity contribution in [2.75, 3.05) is 13.6 Å². The molecule has 0 saturated carbocycles. The minimum atomic E-state index is 1.08. The monoisotopic (exact) mass is 169 g/mol. The van der Waals surface area contributed by atoms with Gasteiger partial charge < -0.3 is 5.32 Å². The van der Waals surface area contributed by atoms with Crippen LogP contribution in [0.15, 0.2) is 30.7 Å². The predicted molar refractivity (Wildman–Crippen MR) is 53.2 cm³/mol. The van der Waals surface area contributed by atoms with Crippen molar-refractivity contribution in [2.45, 2.75) is 6.42 Å². The minimum Gasteiger partial charge on any atom is -0.319 e. The van der Waals surface area contributed by atoms with Crippen molar-refractivity contribution in [1.82, 2.24) is 5.32 Å². The highest BCUT2D eigenvalue weighted by Gasteiger charge is 1.89. The van der Waals surface area contributed by atoms with Crippen LogP contribution in [0, 0.1) is 0 Å². The molecule has 0 fully saturated rings. The lowest BCUT2D eigenvalue weighted by molar-refractivity contribution is 0.799. The SMILES string of the molecule is C=C.CNCCc1cccs1. The lowest BCUT2D eigenvalue weighted by Gasteiger charge is -1.92. The maximum atomic E-state index is 3.11. The van der Waals surface area contributed by atoms with Gasteiger partial charge in [-0.15, -0.1) is 24.5 Å². The Morgan fingerprint density at radius 2 is 2.27 bits per heavy atom. The van der Waals surface area contributed by atoms with Gasteiger partial charge in [-0.2, -0.15) is 0 Å². The van der Waals surface area contributed by atoms with Crippen molar-refractivity contribution >= 4 is 11.3 Å². The lowest BCUT2D eigenvalue weighted by Crippen LogP contribution is -2.09. The number of likely N-dealkylation sites (N-methyl/N-ethyl adjacent to an activating group) is 1. The summed E-state index contributed by atoms with van der Waals surface area (Å²) >= 11 is 1.82. The van der Waals surface area contributed by atoms with Gasteiger partial charge in [0.25, 0.3) is 0 Å². The molecule has 1 N–H and O–H groups in total. The van der Waals surface area contributed by atoms with Crippen LogP contribution in [-0.2, 0) is 6.42 Å². The smallest absolute Gasteiger partial charge is 0.00578 e. The molecule has 0 unspecified atom stereocenters. The van der Waals surface area contributed by atoms with Crippen LogP contribution in [0.1, 0.15) is 4.88 Å². The van der Waals surface area contributed by atoms with Gasteiger partial charge >= 0.3 is 0 Å². The predicted octanol–water partition coefficient (Wildman–Crippen LogP) is 2.31. The van der Waals surface area contributed by atoms with E-state index in [1.54, 1.807) is 0 Å². The van der Waals surface area contributed by atoms with E-state index >= 15 is 0 Å². The first-order chi connectivity index (χ1) is 5.43. The van der Waals surface area contributed by atoms with Crippen molar-refractivity contribution in [2.24, 2.45) is 0 Å². The van der Waals surface area contributed by atoms with Crippen LogP contribution in [-0.4, -0.2) is 13.6 Å². The summed E-state index contributed by atoms with van der Waals surface area (Å²) in [5, 5.41) is 5.23. The van der Waals surface area contributed by atoms with E-state index in [4.69, 9.17) is 0 Å². The first kappa shape index (κ1) is 10.4. The van der Waals surface area contributed by atoms with Crippen LogP contribution in [0.3, 0.4) is 0 Å². The second kappa shape index (κ2) is 7.51. The second-order valence-electron chi connectivity index (χ2n) is 1.93. The molecule has 1 rings (SSSR count). The summed E-state index contributed by atoms with van der Waals surface area (Å²) in [6, 6.07) is 4.26. The van der Waals surface area contributed by atoms with Gasteiger partial charge in [-0.3, -0.25) is 0 Å². The Balaban J connectivity index is 0.000000461. The van der Waals surface area contributed by atoms with E-state index in [0.717, 1.165) is 13.0 Å². The van der Waals surface area contributed by atoms with Crippen LogP contribution < -0.4 is 5.32 Å². The highest BCUT2D eigenvalue weighted by Crippen LogP contribution is 2.07. The third-order valence-corrected chi connectivity index (χ3v) is 2.14. The average Bonchev–Trinajstić information content (AvgIpc) is 2.57. The summed E-state index contributed by atoms with van der Waals surface area (Å²) in [6.07, 6.45) is 1.16. The molecule has 0 amide bonds. The molecule has 0 radical (unpaired) electrons. The fourth-order valence-corrected chi connectivity index (χ4v) is 1.41. The molecule has 0 aliphatic carbocycles. The lowest BCUT2D eigenvalue weighted by atomic mass is 10.3. The number of hydrogen-bond acceptors (Lipinski definition) is 2. The molecule has 1 nitrogen and oxygen atoms in total. The number of nitrogens with one attached hydrogen (secondary N) is 1. The zero-order valence-electron chi connectivity index (χ0n) is 6.97. The van der Waals surface area contributed by atoms with Gasteiger partial charge in [-0.25, -0.2) is 0 Å². The molecule has 11 heavy (non-hydrogen) atoms. The molecule has 0 spiro atoms. The summed E-state index contributed by atoms with van der Waals surface area (Å²) in [4.78, 5) is 1.46. The maximum absolute atomic E-state index is 3.11. The molecule has 0 aliphatic heterocycles. The molecule has 1 aromatic heterocycles. The normalized spacial score (nSPS) is 8.45. The van der Waals surface area contributed by atoms with Crippen LogP contribution in [0.5, 0.6) is 0 Å². The number of hydrogen-bond donors (Lipinski definition) is 1. The molecule has 0 aliphatic rings. The van der Waals surface area contributed by atoms with Gasteiger partial charge in [0.2, 0.25) is 0 Å². The maximum Gasteiger partial charge on any atom is 0.00578 e. The summed E-state index contributed by atoms with van der Waals surface area (Å²) in [5.74, 6) is 0. The summed E-state index contributed by atoms with van der Waals surface area (Å²) in [7, 11) is 1.98. The van der Waals surface area contributed by atoms with Crippen molar-refractivity contribution in [3.63, 3.8) is 0 Å². The topological polar surface area (TPSA) is 12.0 Å². The van der Waals surface area contributed by atoms with Crippen LogP contribution in [0.4, 0.5) is 0 Å². The fraction of sp³-hybridized carbons (Fsp3) is 0.333. The second-order valence-corrected chi connectivity index (χ2v) is 2.97.